The summed E-state index contributed by atoms with van der Waals surface area (Å²) >= 11 is 0. The number of benzene rings is 7. The second-order valence-electron chi connectivity index (χ2n) is 12.6. The molecule has 0 atom stereocenters. The summed E-state index contributed by atoms with van der Waals surface area (Å²) in [5.41, 5.74) is 16.3. The highest BCUT2D eigenvalue weighted by Crippen LogP contribution is 2.40. The lowest BCUT2D eigenvalue weighted by Gasteiger charge is -2.26. The first-order valence-corrected chi connectivity index (χ1v) is 16.1. The second kappa shape index (κ2) is 11.6. The summed E-state index contributed by atoms with van der Waals surface area (Å²) in [4.78, 5) is 0. The predicted molar refractivity (Wildman–Crippen MR) is 198 cm³/mol. The fourth-order valence-electron chi connectivity index (χ4n) is 7.95. The highest BCUT2D eigenvalue weighted by Gasteiger charge is 2.30. The van der Waals surface area contributed by atoms with Crippen LogP contribution in [-0.2, 0) is 0 Å². The summed E-state index contributed by atoms with van der Waals surface area (Å²) in [5.74, 6) is 0. The van der Waals surface area contributed by atoms with Crippen LogP contribution in [0.2, 0.25) is 0 Å². The average Bonchev–Trinajstić information content (AvgIpc) is 3.00. The Labute approximate surface area is 264 Å². The van der Waals surface area contributed by atoms with Crippen LogP contribution in [0.1, 0.15) is 52.8 Å². The van der Waals surface area contributed by atoms with Gasteiger partial charge in [-0.05, 0) is 97.5 Å². The molecule has 0 aromatic heterocycles. The van der Waals surface area contributed by atoms with Crippen molar-refractivity contribution in [3.05, 3.63) is 136 Å². The molecule has 7 rings (SSSR count). The lowest BCUT2D eigenvalue weighted by molar-refractivity contribution is 1.34. The highest BCUT2D eigenvalue weighted by molar-refractivity contribution is 6.98. The van der Waals surface area contributed by atoms with Gasteiger partial charge in [-0.1, -0.05) is 161 Å². The molecule has 0 bridgehead atoms. The third kappa shape index (κ3) is 4.80. The Kier molecular flexibility index (Phi) is 7.85. The summed E-state index contributed by atoms with van der Waals surface area (Å²) in [6.07, 6.45) is 0. The monoisotopic (exact) mass is 570 g/mol. The molecule has 0 unspecified atom stereocenters. The standard InChI is InChI=1S/C41H37B.C2H6/c1-24-19-27(4)40(28(5)20-24)42(41-29(6)21-25(2)22-30(41)7)37-18-14-32-13-15-34-36(31-11-9-8-10-12-31)23-26(3)33-16-17-35(37)38(32)39(33)34;1-2/h8-23H,1-7H3;1-2H3. The average molecular weight is 571 g/mol. The van der Waals surface area contributed by atoms with Gasteiger partial charge in [0.1, 0.15) is 0 Å². The summed E-state index contributed by atoms with van der Waals surface area (Å²) in [6.45, 7) is 20.0. The van der Waals surface area contributed by atoms with Gasteiger partial charge in [0.2, 0.25) is 6.71 Å². The SMILES string of the molecule is CC.Cc1cc(C)c(B(c2c(C)cc(C)cc2C)c2ccc3ccc4c(-c5ccccc5)cc(C)c5ccc2c3c54)c(C)c1. The molecule has 0 N–H and O–H groups in total. The topological polar surface area (TPSA) is 0 Å². The van der Waals surface area contributed by atoms with Crippen molar-refractivity contribution in [2.75, 3.05) is 0 Å². The van der Waals surface area contributed by atoms with E-state index in [1.165, 1.54) is 98.8 Å². The molecule has 44 heavy (non-hydrogen) atoms. The van der Waals surface area contributed by atoms with Gasteiger partial charge in [-0.25, -0.2) is 0 Å². The van der Waals surface area contributed by atoms with Crippen LogP contribution in [0.25, 0.3) is 43.4 Å². The summed E-state index contributed by atoms with van der Waals surface area (Å²) in [5, 5.41) is 8.13. The van der Waals surface area contributed by atoms with Crippen molar-refractivity contribution in [3.63, 3.8) is 0 Å². The van der Waals surface area contributed by atoms with E-state index in [0.29, 0.717) is 0 Å². The van der Waals surface area contributed by atoms with Gasteiger partial charge in [0.05, 0.1) is 0 Å². The minimum Gasteiger partial charge on any atom is -0.0683 e. The van der Waals surface area contributed by atoms with E-state index >= 15 is 0 Å². The van der Waals surface area contributed by atoms with Crippen LogP contribution in [0.4, 0.5) is 0 Å². The van der Waals surface area contributed by atoms with E-state index in [2.05, 4.69) is 146 Å². The maximum absolute atomic E-state index is 2.41. The maximum Gasteiger partial charge on any atom is 0.243 e. The zero-order valence-electron chi connectivity index (χ0n) is 27.8. The van der Waals surface area contributed by atoms with Gasteiger partial charge >= 0.3 is 0 Å². The molecule has 0 heterocycles. The molecule has 0 amide bonds. The summed E-state index contributed by atoms with van der Waals surface area (Å²) in [6, 6.07) is 36.9. The predicted octanol–water partition coefficient (Wildman–Crippen LogP) is 9.95. The van der Waals surface area contributed by atoms with E-state index in [0.717, 1.165) is 0 Å². The van der Waals surface area contributed by atoms with E-state index in [9.17, 15) is 0 Å². The number of aryl methyl sites for hydroxylation is 7. The molecule has 218 valence electrons. The van der Waals surface area contributed by atoms with Gasteiger partial charge in [0.25, 0.3) is 0 Å². The van der Waals surface area contributed by atoms with Crippen LogP contribution in [0, 0.1) is 48.5 Å². The zero-order chi connectivity index (χ0) is 31.3. The van der Waals surface area contributed by atoms with Crippen LogP contribution in [0.3, 0.4) is 0 Å². The Morgan fingerprint density at radius 2 is 0.932 bits per heavy atom. The van der Waals surface area contributed by atoms with Crippen LogP contribution < -0.4 is 16.4 Å². The largest absolute Gasteiger partial charge is 0.243 e. The molecule has 1 heteroatoms. The quantitative estimate of drug-likeness (QED) is 0.146. The Morgan fingerprint density at radius 3 is 1.50 bits per heavy atom. The molecule has 0 aliphatic carbocycles. The fourth-order valence-corrected chi connectivity index (χ4v) is 7.95. The molecule has 0 radical (unpaired) electrons. The molecular weight excluding hydrogens is 527 g/mol. The third-order valence-electron chi connectivity index (χ3n) is 9.47. The normalized spacial score (nSPS) is 11.3. The molecule has 7 aromatic carbocycles. The summed E-state index contributed by atoms with van der Waals surface area (Å²) in [7, 11) is 0. The first-order valence-electron chi connectivity index (χ1n) is 16.1. The van der Waals surface area contributed by atoms with E-state index in [1.54, 1.807) is 0 Å². The fraction of sp³-hybridized carbons (Fsp3) is 0.209. The minimum atomic E-state index is 0.144. The van der Waals surface area contributed by atoms with Crippen LogP contribution in [0.5, 0.6) is 0 Å². The van der Waals surface area contributed by atoms with Crippen LogP contribution in [0.15, 0.2) is 97.1 Å². The van der Waals surface area contributed by atoms with Gasteiger partial charge in [-0.2, -0.15) is 0 Å². The van der Waals surface area contributed by atoms with E-state index < -0.39 is 0 Å². The van der Waals surface area contributed by atoms with Gasteiger partial charge in [-0.15, -0.1) is 0 Å². The van der Waals surface area contributed by atoms with Crippen molar-refractivity contribution >= 4 is 55.4 Å². The first kappa shape index (κ1) is 29.7. The van der Waals surface area contributed by atoms with Gasteiger partial charge in [-0.3, -0.25) is 0 Å². The van der Waals surface area contributed by atoms with E-state index in [1.807, 2.05) is 13.8 Å². The Morgan fingerprint density at radius 1 is 0.432 bits per heavy atom. The van der Waals surface area contributed by atoms with Crippen molar-refractivity contribution in [1.82, 2.24) is 0 Å². The van der Waals surface area contributed by atoms with Crippen molar-refractivity contribution < 1.29 is 0 Å². The Bertz CT molecular complexity index is 2050. The van der Waals surface area contributed by atoms with Gasteiger partial charge in [0.15, 0.2) is 0 Å². The third-order valence-corrected chi connectivity index (χ3v) is 9.47. The lowest BCUT2D eigenvalue weighted by Crippen LogP contribution is -2.56. The number of hydrogen-bond acceptors (Lipinski definition) is 0. The Hall–Kier alpha value is -4.36. The molecule has 0 aliphatic rings. The van der Waals surface area contributed by atoms with Crippen molar-refractivity contribution in [2.24, 2.45) is 0 Å². The highest BCUT2D eigenvalue weighted by atomic mass is 14.2. The first-order chi connectivity index (χ1) is 21.2. The molecule has 0 spiro atoms. The Balaban J connectivity index is 0.00000168. The molecular formula is C43H43B. The van der Waals surface area contributed by atoms with Gasteiger partial charge in [0, 0.05) is 0 Å². The maximum atomic E-state index is 2.41. The molecule has 0 saturated heterocycles. The van der Waals surface area contributed by atoms with Gasteiger partial charge < -0.3 is 0 Å². The molecule has 7 aromatic rings. The molecule has 0 aliphatic heterocycles. The van der Waals surface area contributed by atoms with Crippen molar-refractivity contribution in [3.8, 4) is 11.1 Å². The second-order valence-corrected chi connectivity index (χ2v) is 12.6. The van der Waals surface area contributed by atoms with Crippen LogP contribution in [-0.4, -0.2) is 6.71 Å². The summed E-state index contributed by atoms with van der Waals surface area (Å²) < 4.78 is 0. The van der Waals surface area contributed by atoms with E-state index in [-0.39, 0.29) is 6.71 Å². The molecule has 0 nitrogen and oxygen atoms in total. The van der Waals surface area contributed by atoms with Crippen molar-refractivity contribution in [1.29, 1.82) is 0 Å². The lowest BCUT2D eigenvalue weighted by atomic mass is 9.33. The van der Waals surface area contributed by atoms with Crippen molar-refractivity contribution in [2.45, 2.75) is 62.3 Å². The minimum absolute atomic E-state index is 0.144. The number of rotatable bonds is 4. The zero-order valence-corrected chi connectivity index (χ0v) is 27.8. The van der Waals surface area contributed by atoms with E-state index in [4.69, 9.17) is 0 Å². The smallest absolute Gasteiger partial charge is 0.0683 e. The number of hydrogen-bond donors (Lipinski definition) is 0. The van der Waals surface area contributed by atoms with Crippen LogP contribution >= 0.6 is 0 Å². The molecule has 0 fully saturated rings. The molecule has 0 saturated carbocycles.